The lowest BCUT2D eigenvalue weighted by molar-refractivity contribution is -0.125. The SMILES string of the molecule is CCCC/C=C/CC1C(=O)CC(OP)C1CCC(=O)C(F)CCCC. The van der Waals surface area contributed by atoms with E-state index in [1.54, 1.807) is 0 Å². The number of alkyl halides is 1. The second-order valence-electron chi connectivity index (χ2n) is 7.08. The van der Waals surface area contributed by atoms with Crippen molar-refractivity contribution < 1.29 is 18.5 Å². The van der Waals surface area contributed by atoms with Crippen molar-refractivity contribution in [2.24, 2.45) is 11.8 Å². The molecule has 0 radical (unpaired) electrons. The van der Waals surface area contributed by atoms with Crippen molar-refractivity contribution in [1.82, 2.24) is 0 Å². The second-order valence-corrected chi connectivity index (χ2v) is 7.35. The third-order valence-electron chi connectivity index (χ3n) is 5.15. The van der Waals surface area contributed by atoms with Crippen molar-refractivity contribution in [2.75, 3.05) is 0 Å². The predicted octanol–water partition coefficient (Wildman–Crippen LogP) is 5.38. The highest BCUT2D eigenvalue weighted by atomic mass is 31.0. The largest absolute Gasteiger partial charge is 0.362 e. The first-order valence-corrected chi connectivity index (χ1v) is 10.2. The molecular weight excluding hydrogens is 338 g/mol. The van der Waals surface area contributed by atoms with Gasteiger partial charge in [-0.25, -0.2) is 4.39 Å². The third-order valence-corrected chi connectivity index (χ3v) is 5.50. The molecule has 1 aliphatic carbocycles. The van der Waals surface area contributed by atoms with E-state index in [1.165, 1.54) is 0 Å². The van der Waals surface area contributed by atoms with Crippen LogP contribution >= 0.6 is 9.47 Å². The summed E-state index contributed by atoms with van der Waals surface area (Å²) in [4.78, 5) is 24.3. The van der Waals surface area contributed by atoms with Gasteiger partial charge in [0.2, 0.25) is 0 Å². The van der Waals surface area contributed by atoms with Crippen LogP contribution in [0.2, 0.25) is 0 Å². The lowest BCUT2D eigenvalue weighted by Crippen LogP contribution is -2.24. The van der Waals surface area contributed by atoms with Crippen LogP contribution in [0.1, 0.15) is 78.1 Å². The summed E-state index contributed by atoms with van der Waals surface area (Å²) in [5.41, 5.74) is 0. The molecule has 0 aromatic heterocycles. The van der Waals surface area contributed by atoms with Crippen LogP contribution in [-0.4, -0.2) is 23.8 Å². The van der Waals surface area contributed by atoms with Gasteiger partial charge in [0, 0.05) is 28.2 Å². The third kappa shape index (κ3) is 7.66. The van der Waals surface area contributed by atoms with Crippen LogP contribution in [0, 0.1) is 11.8 Å². The molecule has 0 heterocycles. The average molecular weight is 372 g/mol. The number of Topliss-reactive ketones (excluding diaryl/α,β-unsaturated/α-hetero) is 2. The molecule has 1 aliphatic rings. The first-order chi connectivity index (χ1) is 12.0. The number of hydrogen-bond donors (Lipinski definition) is 0. The van der Waals surface area contributed by atoms with E-state index in [0.29, 0.717) is 25.7 Å². The van der Waals surface area contributed by atoms with Crippen molar-refractivity contribution >= 4 is 21.0 Å². The van der Waals surface area contributed by atoms with E-state index in [9.17, 15) is 14.0 Å². The van der Waals surface area contributed by atoms with E-state index >= 15 is 0 Å². The Balaban J connectivity index is 2.56. The number of carbonyl (C=O) groups excluding carboxylic acids is 2. The summed E-state index contributed by atoms with van der Waals surface area (Å²) in [6, 6.07) is 0. The average Bonchev–Trinajstić information content (AvgIpc) is 2.92. The molecule has 0 N–H and O–H groups in total. The van der Waals surface area contributed by atoms with Gasteiger partial charge in [0.15, 0.2) is 12.0 Å². The quantitative estimate of drug-likeness (QED) is 0.248. The van der Waals surface area contributed by atoms with Gasteiger partial charge in [-0.3, -0.25) is 9.59 Å². The highest BCUT2D eigenvalue weighted by molar-refractivity contribution is 7.09. The Morgan fingerprint density at radius 3 is 2.68 bits per heavy atom. The zero-order valence-electron chi connectivity index (χ0n) is 15.7. The highest BCUT2D eigenvalue weighted by Crippen LogP contribution is 2.38. The van der Waals surface area contributed by atoms with E-state index < -0.39 is 6.17 Å². The van der Waals surface area contributed by atoms with E-state index in [0.717, 1.165) is 32.1 Å². The molecule has 0 aromatic carbocycles. The molecule has 1 fully saturated rings. The van der Waals surface area contributed by atoms with Crippen molar-refractivity contribution in [2.45, 2.75) is 90.3 Å². The van der Waals surface area contributed by atoms with Gasteiger partial charge >= 0.3 is 0 Å². The van der Waals surface area contributed by atoms with E-state index in [-0.39, 0.29) is 35.9 Å². The second kappa shape index (κ2) is 12.7. The summed E-state index contributed by atoms with van der Waals surface area (Å²) in [7, 11) is 2.24. The summed E-state index contributed by atoms with van der Waals surface area (Å²) >= 11 is 0. The van der Waals surface area contributed by atoms with Crippen LogP contribution in [0.4, 0.5) is 4.39 Å². The zero-order chi connectivity index (χ0) is 18.7. The lowest BCUT2D eigenvalue weighted by Gasteiger charge is -2.22. The molecule has 25 heavy (non-hydrogen) atoms. The van der Waals surface area contributed by atoms with Crippen LogP contribution in [0.15, 0.2) is 12.2 Å². The highest BCUT2D eigenvalue weighted by Gasteiger charge is 2.41. The Morgan fingerprint density at radius 2 is 2.04 bits per heavy atom. The Bertz CT molecular complexity index is 439. The fourth-order valence-electron chi connectivity index (χ4n) is 3.53. The minimum atomic E-state index is -1.36. The van der Waals surface area contributed by atoms with Crippen molar-refractivity contribution in [3.8, 4) is 0 Å². The van der Waals surface area contributed by atoms with Crippen molar-refractivity contribution in [3.63, 3.8) is 0 Å². The van der Waals surface area contributed by atoms with Crippen LogP contribution in [-0.2, 0) is 14.1 Å². The number of halogens is 1. The Hall–Kier alpha value is -0.600. The fraction of sp³-hybridized carbons (Fsp3) is 0.800. The van der Waals surface area contributed by atoms with Gasteiger partial charge in [-0.2, -0.15) is 0 Å². The summed E-state index contributed by atoms with van der Waals surface area (Å²) in [6.45, 7) is 4.14. The van der Waals surface area contributed by atoms with Gasteiger partial charge in [0.05, 0.1) is 6.10 Å². The first-order valence-electron chi connectivity index (χ1n) is 9.75. The maximum Gasteiger partial charge on any atom is 0.166 e. The van der Waals surface area contributed by atoms with Gasteiger partial charge in [0.1, 0.15) is 5.78 Å². The number of carbonyl (C=O) groups is 2. The van der Waals surface area contributed by atoms with Gasteiger partial charge in [-0.15, -0.1) is 0 Å². The van der Waals surface area contributed by atoms with E-state index in [4.69, 9.17) is 4.52 Å². The molecule has 3 nitrogen and oxygen atoms in total. The molecular formula is C20H34FO3P. The molecule has 0 aromatic rings. The maximum atomic E-state index is 13.9. The summed E-state index contributed by atoms with van der Waals surface area (Å²) in [6.07, 6.45) is 9.77. The summed E-state index contributed by atoms with van der Waals surface area (Å²) in [5.74, 6) is -0.228. The van der Waals surface area contributed by atoms with Gasteiger partial charge in [-0.05, 0) is 31.6 Å². The first kappa shape index (κ1) is 22.4. The van der Waals surface area contributed by atoms with Gasteiger partial charge in [0.25, 0.3) is 0 Å². The predicted molar refractivity (Wildman–Crippen MR) is 103 cm³/mol. The molecule has 1 rings (SSSR count). The maximum absolute atomic E-state index is 13.9. The van der Waals surface area contributed by atoms with Crippen LogP contribution in [0.25, 0.3) is 0 Å². The minimum Gasteiger partial charge on any atom is -0.362 e. The molecule has 0 spiro atoms. The molecule has 0 amide bonds. The molecule has 0 bridgehead atoms. The minimum absolute atomic E-state index is 0.00292. The van der Waals surface area contributed by atoms with Crippen molar-refractivity contribution in [3.05, 3.63) is 12.2 Å². The monoisotopic (exact) mass is 372 g/mol. The molecule has 5 heteroatoms. The number of rotatable bonds is 13. The van der Waals surface area contributed by atoms with Gasteiger partial charge < -0.3 is 4.52 Å². The molecule has 0 saturated heterocycles. The van der Waals surface area contributed by atoms with Gasteiger partial charge in [-0.1, -0.05) is 51.7 Å². The Kier molecular flexibility index (Phi) is 11.4. The molecule has 144 valence electrons. The topological polar surface area (TPSA) is 43.4 Å². The molecule has 0 aliphatic heterocycles. The number of unbranched alkanes of at least 4 members (excludes halogenated alkanes) is 3. The lowest BCUT2D eigenvalue weighted by atomic mass is 9.86. The number of hydrogen-bond acceptors (Lipinski definition) is 3. The standard InChI is InChI=1S/C20H34FO3P/c1-3-5-7-8-9-10-15-16(20(24-25)14-19(15)23)12-13-18(22)17(21)11-6-4-2/h8-9,15-17,20H,3-7,10-14,25H2,1-2H3/b9-8+. The summed E-state index contributed by atoms with van der Waals surface area (Å²) in [5, 5.41) is 0. The number of ketones is 2. The van der Waals surface area contributed by atoms with E-state index in [1.807, 2.05) is 6.92 Å². The van der Waals surface area contributed by atoms with Crippen LogP contribution < -0.4 is 0 Å². The molecule has 5 atom stereocenters. The Labute approximate surface area is 154 Å². The molecule has 1 saturated carbocycles. The molecule has 5 unspecified atom stereocenters. The summed E-state index contributed by atoms with van der Waals surface area (Å²) < 4.78 is 19.3. The van der Waals surface area contributed by atoms with Crippen LogP contribution in [0.3, 0.4) is 0 Å². The number of allylic oxidation sites excluding steroid dienone is 2. The Morgan fingerprint density at radius 1 is 1.32 bits per heavy atom. The van der Waals surface area contributed by atoms with E-state index in [2.05, 4.69) is 28.5 Å². The normalized spacial score (nSPS) is 25.0. The van der Waals surface area contributed by atoms with Crippen LogP contribution in [0.5, 0.6) is 0 Å². The van der Waals surface area contributed by atoms with Crippen molar-refractivity contribution in [1.29, 1.82) is 0 Å². The fourth-order valence-corrected chi connectivity index (χ4v) is 3.83. The smallest absolute Gasteiger partial charge is 0.166 e. The zero-order valence-corrected chi connectivity index (χ0v) is 16.9.